The van der Waals surface area contributed by atoms with Crippen molar-refractivity contribution in [3.8, 4) is 0 Å². The Morgan fingerprint density at radius 2 is 1.68 bits per heavy atom. The summed E-state index contributed by atoms with van der Waals surface area (Å²) >= 11 is 3.50. The lowest BCUT2D eigenvalue weighted by Gasteiger charge is -2.56. The van der Waals surface area contributed by atoms with Crippen molar-refractivity contribution in [1.82, 2.24) is 15.1 Å². The van der Waals surface area contributed by atoms with Crippen LogP contribution in [0.25, 0.3) is 0 Å². The van der Waals surface area contributed by atoms with E-state index in [0.29, 0.717) is 32.5 Å². The minimum atomic E-state index is 0.00396. The van der Waals surface area contributed by atoms with Gasteiger partial charge in [-0.3, -0.25) is 19.3 Å². The van der Waals surface area contributed by atoms with Crippen molar-refractivity contribution >= 4 is 39.8 Å². The number of nitrogens with one attached hydrogen (secondary N) is 2. The summed E-state index contributed by atoms with van der Waals surface area (Å²) in [7, 11) is 0. The number of rotatable bonds is 8. The average Bonchev–Trinajstić information content (AvgIpc) is 2.79. The zero-order chi connectivity index (χ0) is 23.7. The average molecular weight is 531 g/mol. The highest BCUT2D eigenvalue weighted by molar-refractivity contribution is 9.10. The molecule has 5 aliphatic rings. The molecule has 34 heavy (non-hydrogen) atoms. The van der Waals surface area contributed by atoms with Gasteiger partial charge in [0.1, 0.15) is 0 Å². The predicted octanol–water partition coefficient (Wildman–Crippen LogP) is 3.38. The van der Waals surface area contributed by atoms with Gasteiger partial charge in [0.15, 0.2) is 0 Å². The molecular formula is C26H35BrN4O3. The molecule has 1 saturated heterocycles. The van der Waals surface area contributed by atoms with Crippen molar-refractivity contribution in [2.45, 2.75) is 51.5 Å². The van der Waals surface area contributed by atoms with E-state index in [0.717, 1.165) is 46.6 Å². The van der Waals surface area contributed by atoms with Crippen LogP contribution in [0.2, 0.25) is 0 Å². The lowest BCUT2D eigenvalue weighted by Crippen LogP contribution is -2.51. The maximum Gasteiger partial charge on any atom is 0.242 e. The van der Waals surface area contributed by atoms with Gasteiger partial charge in [-0.2, -0.15) is 0 Å². The third kappa shape index (κ3) is 5.33. The first-order valence-electron chi connectivity index (χ1n) is 12.7. The Morgan fingerprint density at radius 1 is 1.03 bits per heavy atom. The van der Waals surface area contributed by atoms with Crippen LogP contribution in [0.5, 0.6) is 0 Å². The molecule has 2 N–H and O–H groups in total. The van der Waals surface area contributed by atoms with Gasteiger partial charge >= 0.3 is 0 Å². The number of halogens is 1. The van der Waals surface area contributed by atoms with Gasteiger partial charge in [0.05, 0.1) is 6.54 Å². The number of nitrogens with zero attached hydrogens (tertiary/aromatic N) is 2. The van der Waals surface area contributed by atoms with Gasteiger partial charge in [0.25, 0.3) is 0 Å². The molecule has 6 rings (SSSR count). The molecule has 4 saturated carbocycles. The van der Waals surface area contributed by atoms with E-state index in [1.54, 1.807) is 0 Å². The predicted molar refractivity (Wildman–Crippen MR) is 134 cm³/mol. The van der Waals surface area contributed by atoms with Crippen LogP contribution in [-0.2, 0) is 20.9 Å². The summed E-state index contributed by atoms with van der Waals surface area (Å²) in [4.78, 5) is 40.6. The van der Waals surface area contributed by atoms with Crippen molar-refractivity contribution in [3.05, 3.63) is 28.2 Å². The van der Waals surface area contributed by atoms with E-state index in [1.165, 1.54) is 38.5 Å². The fraction of sp³-hybridized carbons (Fsp3) is 0.654. The topological polar surface area (TPSA) is 81.8 Å². The largest absolute Gasteiger partial charge is 0.347 e. The maximum absolute atomic E-state index is 12.8. The van der Waals surface area contributed by atoms with Crippen LogP contribution >= 0.6 is 15.9 Å². The Kier molecular flexibility index (Phi) is 6.98. The molecule has 0 spiro atoms. The molecule has 0 aromatic heterocycles. The first-order chi connectivity index (χ1) is 16.4. The minimum Gasteiger partial charge on any atom is -0.347 e. The lowest BCUT2D eigenvalue weighted by atomic mass is 9.49. The first kappa shape index (κ1) is 23.8. The lowest BCUT2D eigenvalue weighted by molar-refractivity contribution is -0.136. The molecule has 0 unspecified atom stereocenters. The second-order valence-electron chi connectivity index (χ2n) is 11.1. The van der Waals surface area contributed by atoms with Crippen molar-refractivity contribution in [1.29, 1.82) is 0 Å². The summed E-state index contributed by atoms with van der Waals surface area (Å²) in [5.41, 5.74) is 2.05. The summed E-state index contributed by atoms with van der Waals surface area (Å²) in [6.07, 6.45) is 9.06. The van der Waals surface area contributed by atoms with Crippen LogP contribution in [0.15, 0.2) is 22.7 Å². The summed E-state index contributed by atoms with van der Waals surface area (Å²) in [5, 5.41) is 5.70. The SMILES string of the molecule is O=CNc1ccc(Br)cc1CN1CCN(C(=O)CNC(=O)CC23CC4CC(CC(C4)C2)C3)CC1. The summed E-state index contributed by atoms with van der Waals surface area (Å²) in [5.74, 6) is 2.56. The Bertz CT molecular complexity index is 909. The van der Waals surface area contributed by atoms with E-state index in [1.807, 2.05) is 23.1 Å². The number of hydrogen-bond donors (Lipinski definition) is 2. The third-order valence-corrected chi connectivity index (χ3v) is 9.03. The summed E-state index contributed by atoms with van der Waals surface area (Å²) in [6, 6.07) is 5.81. The quantitative estimate of drug-likeness (QED) is 0.504. The molecule has 7 nitrogen and oxygen atoms in total. The number of amides is 3. The fourth-order valence-electron chi connectivity index (χ4n) is 7.49. The van der Waals surface area contributed by atoms with E-state index >= 15 is 0 Å². The van der Waals surface area contributed by atoms with Gasteiger partial charge in [-0.15, -0.1) is 0 Å². The van der Waals surface area contributed by atoms with Crippen LogP contribution in [0, 0.1) is 23.2 Å². The van der Waals surface area contributed by atoms with Gasteiger partial charge in [-0.1, -0.05) is 15.9 Å². The number of carbonyl (C=O) groups excluding carboxylic acids is 3. The van der Waals surface area contributed by atoms with Gasteiger partial charge in [0.2, 0.25) is 18.2 Å². The van der Waals surface area contributed by atoms with E-state index in [-0.39, 0.29) is 23.8 Å². The van der Waals surface area contributed by atoms with Crippen molar-refractivity contribution in [3.63, 3.8) is 0 Å². The van der Waals surface area contributed by atoms with Crippen LogP contribution in [-0.4, -0.2) is 60.7 Å². The second-order valence-corrected chi connectivity index (χ2v) is 12.0. The number of anilines is 1. The summed E-state index contributed by atoms with van der Waals surface area (Å²) < 4.78 is 0.969. The zero-order valence-corrected chi connectivity index (χ0v) is 21.3. The number of piperazine rings is 1. The molecule has 0 radical (unpaired) electrons. The van der Waals surface area contributed by atoms with Crippen molar-refractivity contribution < 1.29 is 14.4 Å². The van der Waals surface area contributed by atoms with Crippen LogP contribution in [0.1, 0.15) is 50.5 Å². The molecule has 3 amide bonds. The molecule has 4 bridgehead atoms. The molecule has 1 heterocycles. The minimum absolute atomic E-state index is 0.00396. The molecule has 1 aromatic carbocycles. The van der Waals surface area contributed by atoms with Crippen molar-refractivity contribution in [2.75, 3.05) is 38.0 Å². The Balaban J connectivity index is 1.06. The number of hydrogen-bond acceptors (Lipinski definition) is 4. The molecule has 184 valence electrons. The highest BCUT2D eigenvalue weighted by atomic mass is 79.9. The van der Waals surface area contributed by atoms with E-state index in [9.17, 15) is 14.4 Å². The van der Waals surface area contributed by atoms with Gasteiger partial charge in [0, 0.05) is 49.3 Å². The Morgan fingerprint density at radius 3 is 2.29 bits per heavy atom. The molecular weight excluding hydrogens is 496 g/mol. The maximum atomic E-state index is 12.8. The smallest absolute Gasteiger partial charge is 0.242 e. The van der Waals surface area contributed by atoms with Crippen molar-refractivity contribution in [2.24, 2.45) is 23.2 Å². The van der Waals surface area contributed by atoms with Crippen LogP contribution in [0.4, 0.5) is 5.69 Å². The number of benzene rings is 1. The van der Waals surface area contributed by atoms with E-state index in [2.05, 4.69) is 31.5 Å². The monoisotopic (exact) mass is 530 g/mol. The third-order valence-electron chi connectivity index (χ3n) is 8.54. The fourth-order valence-corrected chi connectivity index (χ4v) is 7.90. The van der Waals surface area contributed by atoms with Crippen LogP contribution in [0.3, 0.4) is 0 Å². The summed E-state index contributed by atoms with van der Waals surface area (Å²) in [6.45, 7) is 3.63. The molecule has 1 aliphatic heterocycles. The number of carbonyl (C=O) groups is 3. The van der Waals surface area contributed by atoms with E-state index in [4.69, 9.17) is 0 Å². The molecule has 5 fully saturated rings. The van der Waals surface area contributed by atoms with Gasteiger partial charge in [-0.05, 0) is 85.5 Å². The van der Waals surface area contributed by atoms with Gasteiger partial charge < -0.3 is 15.5 Å². The van der Waals surface area contributed by atoms with Crippen LogP contribution < -0.4 is 10.6 Å². The Hall–Kier alpha value is -1.93. The molecule has 1 aromatic rings. The highest BCUT2D eigenvalue weighted by Gasteiger charge is 2.51. The van der Waals surface area contributed by atoms with Gasteiger partial charge in [-0.25, -0.2) is 0 Å². The van der Waals surface area contributed by atoms with E-state index < -0.39 is 0 Å². The molecule has 0 atom stereocenters. The molecule has 8 heteroatoms. The Labute approximate surface area is 210 Å². The molecule has 4 aliphatic carbocycles. The second kappa shape index (κ2) is 9.97. The zero-order valence-electron chi connectivity index (χ0n) is 19.7. The first-order valence-corrected chi connectivity index (χ1v) is 13.5. The highest BCUT2D eigenvalue weighted by Crippen LogP contribution is 2.61. The normalized spacial score (nSPS) is 30.3. The standard InChI is InChI=1S/C26H35BrN4O3/c27-22-1-2-23(29-17-32)21(10-22)16-30-3-5-31(6-4-30)25(34)15-28-24(33)14-26-11-18-7-19(12-26)9-20(8-18)13-26/h1-2,10,17-20H,3-9,11-16H2,(H,28,33)(H,29,32).